The highest BCUT2D eigenvalue weighted by Gasteiger charge is 2.21. The fourth-order valence-corrected chi connectivity index (χ4v) is 3.28. The Balaban J connectivity index is 1.83. The summed E-state index contributed by atoms with van der Waals surface area (Å²) in [7, 11) is 0. The van der Waals surface area contributed by atoms with Crippen LogP contribution in [0.5, 0.6) is 0 Å². The van der Waals surface area contributed by atoms with Crippen LogP contribution in [0.1, 0.15) is 38.7 Å². The molecular weight excluding hydrogens is 336 g/mol. The molecule has 0 unspecified atom stereocenters. The Hall–Kier alpha value is -2.88. The number of ether oxygens (including phenoxy) is 1. The van der Waals surface area contributed by atoms with Gasteiger partial charge in [0.15, 0.2) is 0 Å². The van der Waals surface area contributed by atoms with E-state index < -0.39 is 0 Å². The Morgan fingerprint density at radius 3 is 2.33 bits per heavy atom. The van der Waals surface area contributed by atoms with E-state index in [-0.39, 0.29) is 5.97 Å². The summed E-state index contributed by atoms with van der Waals surface area (Å²) in [6.07, 6.45) is 2.19. The van der Waals surface area contributed by atoms with Crippen molar-refractivity contribution < 1.29 is 9.53 Å². The van der Waals surface area contributed by atoms with Gasteiger partial charge in [-0.3, -0.25) is 5.01 Å². The zero-order chi connectivity index (χ0) is 19.1. The molecule has 1 aliphatic rings. The van der Waals surface area contributed by atoms with E-state index in [2.05, 4.69) is 24.3 Å². The van der Waals surface area contributed by atoms with Crippen molar-refractivity contribution in [2.75, 3.05) is 11.6 Å². The summed E-state index contributed by atoms with van der Waals surface area (Å²) < 4.78 is 5.17. The molecule has 27 heavy (non-hydrogen) atoms. The molecule has 0 saturated heterocycles. The molecule has 4 heteroatoms. The minimum atomic E-state index is -0.182. The standard InChI is InChI=1S/C23H26N2O2/c1-3-27-23(26)22-15-14-20(16-18(22)2)24-25(21-12-8-5-9-13-21)17-19-10-6-4-7-11-19/h4-13H,3,14-17H2,1-2H3/b24-20-. The van der Waals surface area contributed by atoms with Crippen molar-refractivity contribution in [2.45, 2.75) is 39.7 Å². The van der Waals surface area contributed by atoms with E-state index in [1.807, 2.05) is 55.3 Å². The number of rotatable bonds is 6. The molecule has 0 atom stereocenters. The molecule has 3 rings (SSSR count). The van der Waals surface area contributed by atoms with E-state index in [0.717, 1.165) is 29.0 Å². The van der Waals surface area contributed by atoms with E-state index >= 15 is 0 Å². The van der Waals surface area contributed by atoms with Gasteiger partial charge in [-0.1, -0.05) is 54.1 Å². The normalized spacial score (nSPS) is 15.7. The molecule has 0 spiro atoms. The fourth-order valence-electron chi connectivity index (χ4n) is 3.28. The summed E-state index contributed by atoms with van der Waals surface area (Å²) in [4.78, 5) is 12.1. The van der Waals surface area contributed by atoms with Crippen LogP contribution in [0, 0.1) is 0 Å². The zero-order valence-corrected chi connectivity index (χ0v) is 16.0. The molecule has 0 radical (unpaired) electrons. The number of benzene rings is 2. The van der Waals surface area contributed by atoms with Crippen LogP contribution < -0.4 is 5.01 Å². The minimum absolute atomic E-state index is 0.182. The summed E-state index contributed by atoms with van der Waals surface area (Å²) >= 11 is 0. The van der Waals surface area contributed by atoms with Gasteiger partial charge >= 0.3 is 5.97 Å². The lowest BCUT2D eigenvalue weighted by atomic mass is 9.91. The van der Waals surface area contributed by atoms with E-state index in [0.29, 0.717) is 26.0 Å². The maximum absolute atomic E-state index is 12.1. The predicted octanol–water partition coefficient (Wildman–Crippen LogP) is 5.11. The van der Waals surface area contributed by atoms with Crippen LogP contribution in [-0.2, 0) is 16.1 Å². The van der Waals surface area contributed by atoms with E-state index in [9.17, 15) is 4.79 Å². The van der Waals surface area contributed by atoms with Crippen molar-refractivity contribution in [3.05, 3.63) is 77.4 Å². The molecule has 0 heterocycles. The number of allylic oxidation sites excluding steroid dienone is 1. The van der Waals surface area contributed by atoms with Crippen molar-refractivity contribution in [3.8, 4) is 0 Å². The number of para-hydroxylation sites is 1. The van der Waals surface area contributed by atoms with Gasteiger partial charge in [0.05, 0.1) is 18.8 Å². The van der Waals surface area contributed by atoms with Crippen LogP contribution in [0.25, 0.3) is 0 Å². The maximum atomic E-state index is 12.1. The van der Waals surface area contributed by atoms with Crippen molar-refractivity contribution in [1.82, 2.24) is 0 Å². The van der Waals surface area contributed by atoms with Crippen molar-refractivity contribution in [3.63, 3.8) is 0 Å². The van der Waals surface area contributed by atoms with E-state index in [4.69, 9.17) is 9.84 Å². The number of hydrogen-bond donors (Lipinski definition) is 0. The number of nitrogens with zero attached hydrogens (tertiary/aromatic N) is 2. The minimum Gasteiger partial charge on any atom is -0.463 e. The average molecular weight is 362 g/mol. The molecule has 0 fully saturated rings. The summed E-state index contributed by atoms with van der Waals surface area (Å²) in [5, 5.41) is 7.00. The van der Waals surface area contributed by atoms with Crippen LogP contribution in [0.4, 0.5) is 5.69 Å². The molecule has 0 bridgehead atoms. The second kappa shape index (κ2) is 9.17. The lowest BCUT2D eigenvalue weighted by Gasteiger charge is -2.24. The largest absolute Gasteiger partial charge is 0.463 e. The fraction of sp³-hybridized carbons (Fsp3) is 0.304. The Morgan fingerprint density at radius 1 is 1.04 bits per heavy atom. The molecule has 0 amide bonds. The number of carbonyl (C=O) groups is 1. The summed E-state index contributed by atoms with van der Waals surface area (Å²) in [5.41, 5.74) is 5.24. The third-order valence-electron chi connectivity index (χ3n) is 4.66. The molecular formula is C23H26N2O2. The van der Waals surface area contributed by atoms with Crippen molar-refractivity contribution >= 4 is 17.4 Å². The van der Waals surface area contributed by atoms with Crippen LogP contribution in [0.2, 0.25) is 0 Å². The van der Waals surface area contributed by atoms with Crippen LogP contribution >= 0.6 is 0 Å². The number of anilines is 1. The van der Waals surface area contributed by atoms with E-state index in [1.165, 1.54) is 5.56 Å². The number of hydrazone groups is 1. The molecule has 0 aromatic heterocycles. The third-order valence-corrected chi connectivity index (χ3v) is 4.66. The van der Waals surface area contributed by atoms with Gasteiger partial charge in [-0.2, -0.15) is 5.10 Å². The number of hydrogen-bond acceptors (Lipinski definition) is 4. The molecule has 4 nitrogen and oxygen atoms in total. The Bertz CT molecular complexity index is 826. The first-order chi connectivity index (χ1) is 13.2. The second-order valence-electron chi connectivity index (χ2n) is 6.70. The molecule has 0 saturated carbocycles. The van der Waals surface area contributed by atoms with Gasteiger partial charge in [-0.05, 0) is 44.4 Å². The lowest BCUT2D eigenvalue weighted by molar-refractivity contribution is -0.138. The maximum Gasteiger partial charge on any atom is 0.333 e. The van der Waals surface area contributed by atoms with Crippen molar-refractivity contribution in [1.29, 1.82) is 0 Å². The Morgan fingerprint density at radius 2 is 1.70 bits per heavy atom. The second-order valence-corrected chi connectivity index (χ2v) is 6.70. The summed E-state index contributed by atoms with van der Waals surface area (Å²) in [6, 6.07) is 20.5. The van der Waals surface area contributed by atoms with Crippen LogP contribution in [0.15, 0.2) is 76.9 Å². The summed E-state index contributed by atoms with van der Waals surface area (Å²) in [6.45, 7) is 4.97. The topological polar surface area (TPSA) is 41.9 Å². The number of esters is 1. The van der Waals surface area contributed by atoms with Gasteiger partial charge in [0.25, 0.3) is 0 Å². The molecule has 140 valence electrons. The zero-order valence-electron chi connectivity index (χ0n) is 16.0. The van der Waals surface area contributed by atoms with Gasteiger partial charge in [0.2, 0.25) is 0 Å². The Labute approximate surface area is 161 Å². The Kier molecular flexibility index (Phi) is 6.42. The smallest absolute Gasteiger partial charge is 0.333 e. The van der Waals surface area contributed by atoms with Gasteiger partial charge in [-0.15, -0.1) is 0 Å². The van der Waals surface area contributed by atoms with Gasteiger partial charge in [-0.25, -0.2) is 4.79 Å². The molecule has 0 N–H and O–H groups in total. The first-order valence-electron chi connectivity index (χ1n) is 9.46. The molecule has 2 aromatic carbocycles. The molecule has 2 aromatic rings. The number of carbonyl (C=O) groups excluding carboxylic acids is 1. The average Bonchev–Trinajstić information content (AvgIpc) is 2.69. The predicted molar refractivity (Wildman–Crippen MR) is 110 cm³/mol. The lowest BCUT2D eigenvalue weighted by Crippen LogP contribution is -2.22. The quantitative estimate of drug-likeness (QED) is 0.529. The van der Waals surface area contributed by atoms with Crippen LogP contribution in [-0.4, -0.2) is 18.3 Å². The van der Waals surface area contributed by atoms with Crippen molar-refractivity contribution in [2.24, 2.45) is 5.10 Å². The third kappa shape index (κ3) is 5.07. The highest BCUT2D eigenvalue weighted by atomic mass is 16.5. The first kappa shape index (κ1) is 18.9. The first-order valence-corrected chi connectivity index (χ1v) is 9.46. The molecule has 0 aliphatic heterocycles. The SMILES string of the molecule is CCOC(=O)C1=C(C)C/C(=N\N(Cc2ccccc2)c2ccccc2)CC1. The monoisotopic (exact) mass is 362 g/mol. The van der Waals surface area contributed by atoms with E-state index in [1.54, 1.807) is 0 Å². The highest BCUT2D eigenvalue weighted by Crippen LogP contribution is 2.26. The van der Waals surface area contributed by atoms with Gasteiger partial charge in [0, 0.05) is 17.7 Å². The molecule has 1 aliphatic carbocycles. The summed E-state index contributed by atoms with van der Waals surface area (Å²) in [5.74, 6) is -0.182. The van der Waals surface area contributed by atoms with Gasteiger partial charge < -0.3 is 4.74 Å². The highest BCUT2D eigenvalue weighted by molar-refractivity contribution is 5.96. The van der Waals surface area contributed by atoms with Gasteiger partial charge in [0.1, 0.15) is 0 Å². The van der Waals surface area contributed by atoms with Crippen LogP contribution in [0.3, 0.4) is 0 Å².